The minimum Gasteiger partial charge on any atom is -0.496 e. The molecule has 0 bridgehead atoms. The first-order valence-electron chi connectivity index (χ1n) is 9.96. The van der Waals surface area contributed by atoms with Crippen LogP contribution in [0.5, 0.6) is 5.75 Å². The Kier molecular flexibility index (Phi) is 6.63. The van der Waals surface area contributed by atoms with Gasteiger partial charge in [-0.3, -0.25) is 4.79 Å². The van der Waals surface area contributed by atoms with Gasteiger partial charge in [-0.1, -0.05) is 43.3 Å². The molecule has 3 rings (SSSR count). The third-order valence-corrected chi connectivity index (χ3v) is 5.81. The van der Waals surface area contributed by atoms with Crippen LogP contribution < -0.4 is 4.74 Å². The standard InChI is InChI=1S/C24H26O7/c1-24(12-11-19(25)18(14-24)22(26)29-3)21(31-23(27)30-4)13-15-9-10-20(28-2)17-8-6-5-7-16(15)17/h5-10,14,21H,11-13H2,1-4H3. The van der Waals surface area contributed by atoms with Gasteiger partial charge in [-0.15, -0.1) is 0 Å². The van der Waals surface area contributed by atoms with E-state index in [1.165, 1.54) is 14.2 Å². The number of Topliss-reactive ketones (excluding diaryl/α,β-unsaturated/α-hetero) is 1. The summed E-state index contributed by atoms with van der Waals surface area (Å²) in [5.41, 5.74) is 0.151. The van der Waals surface area contributed by atoms with Crippen molar-refractivity contribution in [3.05, 3.63) is 53.6 Å². The molecule has 0 fully saturated rings. The van der Waals surface area contributed by atoms with Gasteiger partial charge in [0.2, 0.25) is 0 Å². The van der Waals surface area contributed by atoms with Gasteiger partial charge in [0.25, 0.3) is 0 Å². The monoisotopic (exact) mass is 426 g/mol. The van der Waals surface area contributed by atoms with Crippen molar-refractivity contribution in [3.63, 3.8) is 0 Å². The van der Waals surface area contributed by atoms with Crippen molar-refractivity contribution in [2.75, 3.05) is 21.3 Å². The molecule has 2 unspecified atom stereocenters. The van der Waals surface area contributed by atoms with Crippen LogP contribution in [0.3, 0.4) is 0 Å². The molecule has 2 aromatic carbocycles. The summed E-state index contributed by atoms with van der Waals surface area (Å²) < 4.78 is 20.6. The van der Waals surface area contributed by atoms with E-state index in [0.29, 0.717) is 12.8 Å². The number of benzene rings is 2. The van der Waals surface area contributed by atoms with Crippen molar-refractivity contribution in [1.82, 2.24) is 0 Å². The average molecular weight is 426 g/mol. The van der Waals surface area contributed by atoms with E-state index >= 15 is 0 Å². The molecule has 2 aromatic rings. The predicted octanol–water partition coefficient (Wildman–Crippen LogP) is 4.01. The maximum absolute atomic E-state index is 12.3. The Morgan fingerprint density at radius 1 is 1.03 bits per heavy atom. The number of hydrogen-bond donors (Lipinski definition) is 0. The molecule has 2 atom stereocenters. The fourth-order valence-corrected chi connectivity index (χ4v) is 4.00. The highest BCUT2D eigenvalue weighted by atomic mass is 16.7. The topological polar surface area (TPSA) is 88.1 Å². The second-order valence-corrected chi connectivity index (χ2v) is 7.72. The molecule has 164 valence electrons. The second-order valence-electron chi connectivity index (χ2n) is 7.72. The highest BCUT2D eigenvalue weighted by Gasteiger charge is 2.41. The van der Waals surface area contributed by atoms with Crippen molar-refractivity contribution in [1.29, 1.82) is 0 Å². The molecule has 0 saturated heterocycles. The highest BCUT2D eigenvalue weighted by molar-refractivity contribution is 6.17. The Bertz CT molecular complexity index is 1040. The number of carbonyl (C=O) groups excluding carboxylic acids is 3. The normalized spacial score (nSPS) is 19.4. The number of ether oxygens (including phenoxy) is 4. The minimum absolute atomic E-state index is 0.0192. The Balaban J connectivity index is 2.06. The summed E-state index contributed by atoms with van der Waals surface area (Å²) in [6.07, 6.45) is 1.00. The van der Waals surface area contributed by atoms with Crippen LogP contribution in [0.25, 0.3) is 10.8 Å². The van der Waals surface area contributed by atoms with E-state index < -0.39 is 23.6 Å². The molecule has 0 radical (unpaired) electrons. The van der Waals surface area contributed by atoms with Gasteiger partial charge in [-0.25, -0.2) is 9.59 Å². The number of rotatable bonds is 6. The Hall–Kier alpha value is -3.35. The fraction of sp³-hybridized carbons (Fsp3) is 0.375. The van der Waals surface area contributed by atoms with Crippen molar-refractivity contribution in [2.45, 2.75) is 32.3 Å². The Morgan fingerprint density at radius 2 is 1.74 bits per heavy atom. The number of carbonyl (C=O) groups is 3. The lowest BCUT2D eigenvalue weighted by Gasteiger charge is -2.37. The van der Waals surface area contributed by atoms with Gasteiger partial charge in [-0.05, 0) is 23.4 Å². The molecule has 0 saturated carbocycles. The summed E-state index contributed by atoms with van der Waals surface area (Å²) >= 11 is 0. The van der Waals surface area contributed by atoms with Crippen LogP contribution in [-0.2, 0) is 30.2 Å². The average Bonchev–Trinajstić information content (AvgIpc) is 2.79. The summed E-state index contributed by atoms with van der Waals surface area (Å²) in [4.78, 5) is 36.4. The number of hydrogen-bond acceptors (Lipinski definition) is 7. The van der Waals surface area contributed by atoms with Crippen LogP contribution in [0.4, 0.5) is 4.79 Å². The van der Waals surface area contributed by atoms with Crippen LogP contribution in [0.1, 0.15) is 25.3 Å². The van der Waals surface area contributed by atoms with E-state index in [2.05, 4.69) is 0 Å². The molecule has 1 aliphatic rings. The molecular formula is C24H26O7. The predicted molar refractivity (Wildman–Crippen MR) is 114 cm³/mol. The largest absolute Gasteiger partial charge is 0.508 e. The first-order chi connectivity index (χ1) is 14.8. The molecule has 7 heteroatoms. The van der Waals surface area contributed by atoms with Crippen LogP contribution in [0, 0.1) is 5.41 Å². The van der Waals surface area contributed by atoms with Gasteiger partial charge >= 0.3 is 12.1 Å². The Labute approximate surface area is 180 Å². The van der Waals surface area contributed by atoms with Gasteiger partial charge in [0.05, 0.1) is 26.9 Å². The van der Waals surface area contributed by atoms with Gasteiger partial charge in [0.1, 0.15) is 11.9 Å². The van der Waals surface area contributed by atoms with E-state index in [9.17, 15) is 14.4 Å². The minimum atomic E-state index is -0.825. The van der Waals surface area contributed by atoms with E-state index in [0.717, 1.165) is 22.1 Å². The van der Waals surface area contributed by atoms with E-state index in [4.69, 9.17) is 18.9 Å². The van der Waals surface area contributed by atoms with Gasteiger partial charge < -0.3 is 18.9 Å². The third kappa shape index (κ3) is 4.55. The lowest BCUT2D eigenvalue weighted by atomic mass is 9.71. The number of methoxy groups -OCH3 is 3. The maximum atomic E-state index is 12.3. The third-order valence-electron chi connectivity index (χ3n) is 5.81. The zero-order valence-electron chi connectivity index (χ0n) is 18.1. The number of ketones is 1. The zero-order valence-corrected chi connectivity index (χ0v) is 18.1. The van der Waals surface area contributed by atoms with Gasteiger partial charge in [0, 0.05) is 23.6 Å². The molecule has 0 aromatic heterocycles. The van der Waals surface area contributed by atoms with Crippen LogP contribution in [-0.4, -0.2) is 45.3 Å². The molecule has 0 heterocycles. The first-order valence-corrected chi connectivity index (χ1v) is 9.96. The van der Waals surface area contributed by atoms with Crippen molar-refractivity contribution in [2.24, 2.45) is 5.41 Å². The maximum Gasteiger partial charge on any atom is 0.508 e. The van der Waals surface area contributed by atoms with Crippen LogP contribution >= 0.6 is 0 Å². The summed E-state index contributed by atoms with van der Waals surface area (Å²) in [5, 5.41) is 1.90. The molecule has 31 heavy (non-hydrogen) atoms. The smallest absolute Gasteiger partial charge is 0.496 e. The first kappa shape index (κ1) is 22.3. The lowest BCUT2D eigenvalue weighted by Crippen LogP contribution is -2.40. The summed E-state index contributed by atoms with van der Waals surface area (Å²) in [5.74, 6) is -0.231. The van der Waals surface area contributed by atoms with E-state index in [1.807, 2.05) is 43.3 Å². The SMILES string of the molecule is COC(=O)OC(Cc1ccc(OC)c2ccccc12)C1(C)C=C(C(=O)OC)C(=O)CC1. The van der Waals surface area contributed by atoms with Crippen molar-refractivity contribution < 1.29 is 33.3 Å². The molecule has 1 aliphatic carbocycles. The van der Waals surface area contributed by atoms with Gasteiger partial charge in [0.15, 0.2) is 5.78 Å². The van der Waals surface area contributed by atoms with Gasteiger partial charge in [-0.2, -0.15) is 0 Å². The lowest BCUT2D eigenvalue weighted by molar-refractivity contribution is -0.138. The van der Waals surface area contributed by atoms with Crippen molar-refractivity contribution in [3.8, 4) is 5.75 Å². The second kappa shape index (κ2) is 9.20. The molecule has 0 aliphatic heterocycles. The molecule has 0 spiro atoms. The molecule has 0 N–H and O–H groups in total. The van der Waals surface area contributed by atoms with Crippen LogP contribution in [0.15, 0.2) is 48.0 Å². The summed E-state index contributed by atoms with van der Waals surface area (Å²) in [6, 6.07) is 11.6. The highest BCUT2D eigenvalue weighted by Crippen LogP contribution is 2.40. The molecule has 7 nitrogen and oxygen atoms in total. The van der Waals surface area contributed by atoms with E-state index in [-0.39, 0.29) is 17.8 Å². The summed E-state index contributed by atoms with van der Waals surface area (Å²) in [7, 11) is 4.09. The number of esters is 1. The molecular weight excluding hydrogens is 400 g/mol. The summed E-state index contributed by atoms with van der Waals surface area (Å²) in [6.45, 7) is 1.86. The Morgan fingerprint density at radius 3 is 2.39 bits per heavy atom. The van der Waals surface area contributed by atoms with E-state index in [1.54, 1.807) is 13.2 Å². The molecule has 0 amide bonds. The zero-order chi connectivity index (χ0) is 22.6. The quantitative estimate of drug-likeness (QED) is 0.509. The van der Waals surface area contributed by atoms with Crippen molar-refractivity contribution >= 4 is 28.7 Å². The fourth-order valence-electron chi connectivity index (χ4n) is 4.00. The van der Waals surface area contributed by atoms with Crippen LogP contribution in [0.2, 0.25) is 0 Å². The number of fused-ring (bicyclic) bond motifs is 1.